The Bertz CT molecular complexity index is 621. The molecule has 1 saturated heterocycles. The molecule has 7 heteroatoms. The number of nitrogens with zero attached hydrogens (tertiary/aromatic N) is 2. The molecule has 1 aliphatic heterocycles. The maximum atomic E-state index is 12.7. The smallest absolute Gasteiger partial charge is 0.321 e. The number of hydrogen-bond acceptors (Lipinski definition) is 3. The highest BCUT2D eigenvalue weighted by Gasteiger charge is 2.24. The molecule has 1 aromatic rings. The standard InChI is InChI=1S/C17H25ClN4O2/c1-11(2)15(19)6-8-21(3)16(23)13-10-12(4-5-14(13)18)22-9-7-20-17(22)24/h4-5,10-11,15H,6-9,19H2,1-3H3,(H,20,24). The van der Waals surface area contributed by atoms with Crippen LogP contribution >= 0.6 is 11.6 Å². The maximum Gasteiger partial charge on any atom is 0.321 e. The van der Waals surface area contributed by atoms with E-state index < -0.39 is 0 Å². The molecule has 1 fully saturated rings. The molecule has 1 unspecified atom stereocenters. The van der Waals surface area contributed by atoms with Gasteiger partial charge < -0.3 is 16.0 Å². The van der Waals surface area contributed by atoms with E-state index >= 15 is 0 Å². The molecule has 0 radical (unpaired) electrons. The van der Waals surface area contributed by atoms with Gasteiger partial charge in [0.15, 0.2) is 0 Å². The molecule has 132 valence electrons. The predicted octanol–water partition coefficient (Wildman–Crippen LogP) is 2.32. The van der Waals surface area contributed by atoms with E-state index in [0.717, 1.165) is 6.42 Å². The van der Waals surface area contributed by atoms with Gasteiger partial charge in [0.25, 0.3) is 5.91 Å². The van der Waals surface area contributed by atoms with Crippen molar-refractivity contribution in [3.63, 3.8) is 0 Å². The van der Waals surface area contributed by atoms with E-state index in [0.29, 0.717) is 41.8 Å². The lowest BCUT2D eigenvalue weighted by Crippen LogP contribution is -2.35. The lowest BCUT2D eigenvalue weighted by molar-refractivity contribution is 0.0789. The van der Waals surface area contributed by atoms with Crippen LogP contribution < -0.4 is 16.0 Å². The molecule has 6 nitrogen and oxygen atoms in total. The Hall–Kier alpha value is -1.79. The molecule has 0 bridgehead atoms. The fourth-order valence-corrected chi connectivity index (χ4v) is 2.74. The number of carbonyl (C=O) groups excluding carboxylic acids is 2. The number of amides is 3. The highest BCUT2D eigenvalue weighted by molar-refractivity contribution is 6.34. The normalized spacial score (nSPS) is 15.6. The van der Waals surface area contributed by atoms with Crippen molar-refractivity contribution < 1.29 is 9.59 Å². The number of anilines is 1. The van der Waals surface area contributed by atoms with E-state index in [4.69, 9.17) is 17.3 Å². The van der Waals surface area contributed by atoms with Gasteiger partial charge in [0, 0.05) is 38.4 Å². The van der Waals surface area contributed by atoms with Crippen LogP contribution in [0.2, 0.25) is 5.02 Å². The number of urea groups is 1. The van der Waals surface area contributed by atoms with Crippen molar-refractivity contribution in [3.8, 4) is 0 Å². The van der Waals surface area contributed by atoms with Gasteiger partial charge >= 0.3 is 6.03 Å². The van der Waals surface area contributed by atoms with E-state index in [1.165, 1.54) is 0 Å². The van der Waals surface area contributed by atoms with Crippen molar-refractivity contribution in [2.24, 2.45) is 11.7 Å². The molecule has 1 atom stereocenters. The van der Waals surface area contributed by atoms with E-state index in [2.05, 4.69) is 19.2 Å². The Morgan fingerprint density at radius 2 is 2.17 bits per heavy atom. The Kier molecular flexibility index (Phi) is 6.07. The van der Waals surface area contributed by atoms with Crippen molar-refractivity contribution in [1.29, 1.82) is 0 Å². The van der Waals surface area contributed by atoms with Crippen LogP contribution in [0.25, 0.3) is 0 Å². The van der Waals surface area contributed by atoms with Gasteiger partial charge in [0.2, 0.25) is 0 Å². The molecule has 0 aromatic heterocycles. The molecular formula is C17H25ClN4O2. The fraction of sp³-hybridized carbons (Fsp3) is 0.529. The van der Waals surface area contributed by atoms with Gasteiger partial charge in [-0.3, -0.25) is 9.69 Å². The zero-order valence-electron chi connectivity index (χ0n) is 14.4. The van der Waals surface area contributed by atoms with Crippen molar-refractivity contribution in [2.45, 2.75) is 26.3 Å². The molecule has 3 N–H and O–H groups in total. The summed E-state index contributed by atoms with van der Waals surface area (Å²) in [5, 5.41) is 3.12. The van der Waals surface area contributed by atoms with Gasteiger partial charge in [-0.2, -0.15) is 0 Å². The number of rotatable bonds is 6. The summed E-state index contributed by atoms with van der Waals surface area (Å²) < 4.78 is 0. The van der Waals surface area contributed by atoms with Gasteiger partial charge in [-0.15, -0.1) is 0 Å². The van der Waals surface area contributed by atoms with Gasteiger partial charge in [0.05, 0.1) is 10.6 Å². The minimum absolute atomic E-state index is 0.0513. The lowest BCUT2D eigenvalue weighted by atomic mass is 10.0. The van der Waals surface area contributed by atoms with Crippen LogP contribution in [-0.4, -0.2) is 49.6 Å². The maximum absolute atomic E-state index is 12.7. The van der Waals surface area contributed by atoms with Gasteiger partial charge in [-0.1, -0.05) is 25.4 Å². The van der Waals surface area contributed by atoms with E-state index in [1.54, 1.807) is 35.0 Å². The van der Waals surface area contributed by atoms with Crippen molar-refractivity contribution >= 4 is 29.2 Å². The number of benzene rings is 1. The summed E-state index contributed by atoms with van der Waals surface area (Å²) in [5.74, 6) is 0.200. The predicted molar refractivity (Wildman–Crippen MR) is 96.6 cm³/mol. The number of halogens is 1. The minimum atomic E-state index is -0.169. The Morgan fingerprint density at radius 1 is 1.46 bits per heavy atom. The van der Waals surface area contributed by atoms with Gasteiger partial charge in [-0.05, 0) is 30.5 Å². The summed E-state index contributed by atoms with van der Waals surface area (Å²) in [4.78, 5) is 27.7. The zero-order chi connectivity index (χ0) is 17.9. The fourth-order valence-electron chi connectivity index (χ4n) is 2.55. The minimum Gasteiger partial charge on any atom is -0.342 e. The van der Waals surface area contributed by atoms with Crippen LogP contribution in [0.3, 0.4) is 0 Å². The Morgan fingerprint density at radius 3 is 2.75 bits per heavy atom. The average molecular weight is 353 g/mol. The van der Waals surface area contributed by atoms with Gasteiger partial charge in [0.1, 0.15) is 0 Å². The second-order valence-electron chi connectivity index (χ2n) is 6.47. The average Bonchev–Trinajstić information content (AvgIpc) is 2.98. The van der Waals surface area contributed by atoms with Gasteiger partial charge in [-0.25, -0.2) is 4.79 Å². The second kappa shape index (κ2) is 7.85. The summed E-state index contributed by atoms with van der Waals surface area (Å²) in [6.07, 6.45) is 0.728. The largest absolute Gasteiger partial charge is 0.342 e. The van der Waals surface area contributed by atoms with E-state index in [-0.39, 0.29) is 18.0 Å². The molecule has 24 heavy (non-hydrogen) atoms. The number of carbonyl (C=O) groups is 2. The highest BCUT2D eigenvalue weighted by atomic mass is 35.5. The molecule has 1 aliphatic rings. The van der Waals surface area contributed by atoms with Crippen LogP contribution in [0.1, 0.15) is 30.6 Å². The second-order valence-corrected chi connectivity index (χ2v) is 6.88. The van der Waals surface area contributed by atoms with Crippen LogP contribution in [0, 0.1) is 5.92 Å². The number of hydrogen-bond donors (Lipinski definition) is 2. The molecule has 1 heterocycles. The third-order valence-corrected chi connectivity index (χ3v) is 4.68. The van der Waals surface area contributed by atoms with Crippen molar-refractivity contribution in [1.82, 2.24) is 10.2 Å². The molecule has 0 saturated carbocycles. The number of nitrogens with two attached hydrogens (primary N) is 1. The first kappa shape index (κ1) is 18.5. The van der Waals surface area contributed by atoms with Crippen LogP contribution in [-0.2, 0) is 0 Å². The third kappa shape index (κ3) is 4.19. The molecule has 2 rings (SSSR count). The first-order valence-electron chi connectivity index (χ1n) is 8.17. The van der Waals surface area contributed by atoms with Crippen molar-refractivity contribution in [3.05, 3.63) is 28.8 Å². The topological polar surface area (TPSA) is 78.7 Å². The van der Waals surface area contributed by atoms with Crippen LogP contribution in [0.4, 0.5) is 10.5 Å². The quantitative estimate of drug-likeness (QED) is 0.824. The summed E-state index contributed by atoms with van der Waals surface area (Å²) in [6, 6.07) is 4.97. The Balaban J connectivity index is 2.12. The van der Waals surface area contributed by atoms with E-state index in [1.807, 2.05) is 0 Å². The molecule has 0 aliphatic carbocycles. The summed E-state index contributed by atoms with van der Waals surface area (Å²) in [7, 11) is 1.74. The monoisotopic (exact) mass is 352 g/mol. The zero-order valence-corrected chi connectivity index (χ0v) is 15.1. The lowest BCUT2D eigenvalue weighted by Gasteiger charge is -2.23. The van der Waals surface area contributed by atoms with Crippen LogP contribution in [0.5, 0.6) is 0 Å². The molecule has 1 aromatic carbocycles. The highest BCUT2D eigenvalue weighted by Crippen LogP contribution is 2.25. The SMILES string of the molecule is CC(C)C(N)CCN(C)C(=O)c1cc(N2CCNC2=O)ccc1Cl. The molecular weight excluding hydrogens is 328 g/mol. The summed E-state index contributed by atoms with van der Waals surface area (Å²) in [6.45, 7) is 5.86. The number of nitrogens with one attached hydrogen (secondary N) is 1. The Labute approximate surface area is 147 Å². The molecule has 3 amide bonds. The third-order valence-electron chi connectivity index (χ3n) is 4.35. The first-order valence-corrected chi connectivity index (χ1v) is 8.55. The summed E-state index contributed by atoms with van der Waals surface area (Å²) >= 11 is 6.20. The van der Waals surface area contributed by atoms with E-state index in [9.17, 15) is 9.59 Å². The summed E-state index contributed by atoms with van der Waals surface area (Å²) in [5.41, 5.74) is 7.11. The van der Waals surface area contributed by atoms with Crippen molar-refractivity contribution in [2.75, 3.05) is 31.6 Å². The molecule has 0 spiro atoms. The van der Waals surface area contributed by atoms with Crippen LogP contribution in [0.15, 0.2) is 18.2 Å². The first-order chi connectivity index (χ1) is 11.3.